The van der Waals surface area contributed by atoms with Gasteiger partial charge in [0, 0.05) is 38.5 Å². The zero-order valence-corrected chi connectivity index (χ0v) is 20.5. The molecule has 1 unspecified atom stereocenters. The molecule has 0 spiro atoms. The summed E-state index contributed by atoms with van der Waals surface area (Å²) >= 11 is 0. The van der Waals surface area contributed by atoms with Gasteiger partial charge in [0.1, 0.15) is 11.6 Å². The van der Waals surface area contributed by atoms with E-state index in [0.29, 0.717) is 11.7 Å². The lowest BCUT2D eigenvalue weighted by atomic mass is 9.83. The molecule has 5 rings (SSSR count). The molecule has 0 amide bonds. The Labute approximate surface area is 203 Å². The summed E-state index contributed by atoms with van der Waals surface area (Å²) in [6.07, 6.45) is 10.6. The highest BCUT2D eigenvalue weighted by molar-refractivity contribution is 5.83. The smallest absolute Gasteiger partial charge is 0.202 e. The van der Waals surface area contributed by atoms with E-state index in [1.54, 1.807) is 0 Å². The zero-order valence-electron chi connectivity index (χ0n) is 20.5. The van der Waals surface area contributed by atoms with Crippen LogP contribution in [0.25, 0.3) is 0 Å². The third-order valence-corrected chi connectivity index (χ3v) is 7.54. The molecule has 7 nitrogen and oxygen atoms in total. The van der Waals surface area contributed by atoms with Crippen molar-refractivity contribution in [1.82, 2.24) is 20.1 Å². The number of pyridine rings is 1. The van der Waals surface area contributed by atoms with Crippen LogP contribution in [0.5, 0.6) is 0 Å². The van der Waals surface area contributed by atoms with Crippen molar-refractivity contribution in [3.63, 3.8) is 0 Å². The first-order valence-corrected chi connectivity index (χ1v) is 12.6. The van der Waals surface area contributed by atoms with Crippen LogP contribution in [0.3, 0.4) is 0 Å². The van der Waals surface area contributed by atoms with Gasteiger partial charge in [0.05, 0.1) is 0 Å². The molecule has 0 radical (unpaired) electrons. The predicted octanol–water partition coefficient (Wildman–Crippen LogP) is 3.43. The van der Waals surface area contributed by atoms with Gasteiger partial charge >= 0.3 is 0 Å². The first-order chi connectivity index (χ1) is 16.5. The van der Waals surface area contributed by atoms with Gasteiger partial charge in [0.2, 0.25) is 5.96 Å². The maximum absolute atomic E-state index is 6.44. The SMILES string of the molecule is CN(C)C1(c2ccc(C3CCCCC3)cc2)C=C(N)NC(N2CCN(c3ccccn3)CC2)=N1. The van der Waals surface area contributed by atoms with Crippen LogP contribution in [0, 0.1) is 0 Å². The molecule has 2 aliphatic heterocycles. The van der Waals surface area contributed by atoms with Gasteiger partial charge in [-0.3, -0.25) is 4.90 Å². The summed E-state index contributed by atoms with van der Waals surface area (Å²) in [5.74, 6) is 3.20. The molecule has 1 aliphatic carbocycles. The topological polar surface area (TPSA) is 73.0 Å². The standard InChI is InChI=1S/C27H37N7/c1-32(2)27(23-13-11-22(12-14-23)21-8-4-3-5-9-21)20-24(28)30-26(31-27)34-18-16-33(17-19-34)25-10-6-7-15-29-25/h6-7,10-15,20-21H,3-5,8-9,16-19,28H2,1-2H3,(H,30,31). The largest absolute Gasteiger partial charge is 0.385 e. The fourth-order valence-electron chi connectivity index (χ4n) is 5.51. The number of likely N-dealkylation sites (N-methyl/N-ethyl adjacent to an activating group) is 1. The Hall–Kier alpha value is -3.06. The number of aliphatic imine (C=N–C) groups is 1. The van der Waals surface area contributed by atoms with E-state index in [2.05, 4.69) is 69.4 Å². The molecular formula is C27H37N7. The zero-order chi connectivity index (χ0) is 23.5. The van der Waals surface area contributed by atoms with Crippen molar-refractivity contribution in [2.75, 3.05) is 45.2 Å². The van der Waals surface area contributed by atoms with E-state index < -0.39 is 5.66 Å². The first-order valence-electron chi connectivity index (χ1n) is 12.6. The van der Waals surface area contributed by atoms with Gasteiger partial charge in [-0.05, 0) is 56.1 Å². The van der Waals surface area contributed by atoms with Crippen LogP contribution in [-0.4, -0.2) is 61.0 Å². The van der Waals surface area contributed by atoms with Gasteiger partial charge in [-0.15, -0.1) is 0 Å². The predicted molar refractivity (Wildman–Crippen MR) is 138 cm³/mol. The molecule has 1 aromatic heterocycles. The lowest BCUT2D eigenvalue weighted by molar-refractivity contribution is 0.209. The second-order valence-electron chi connectivity index (χ2n) is 9.90. The number of aromatic nitrogens is 1. The molecule has 3 heterocycles. The Balaban J connectivity index is 1.37. The molecule has 180 valence electrons. The fourth-order valence-corrected chi connectivity index (χ4v) is 5.51. The number of piperazine rings is 1. The van der Waals surface area contributed by atoms with Crippen LogP contribution in [0.4, 0.5) is 5.82 Å². The number of rotatable bonds is 4. The molecule has 1 atom stereocenters. The normalized spacial score (nSPS) is 24.0. The molecule has 1 saturated heterocycles. The van der Waals surface area contributed by atoms with Gasteiger partial charge in [0.15, 0.2) is 5.66 Å². The molecule has 34 heavy (non-hydrogen) atoms. The number of guanidine groups is 1. The Morgan fingerprint density at radius 3 is 2.29 bits per heavy atom. The number of nitrogens with zero attached hydrogens (tertiary/aromatic N) is 5. The van der Waals surface area contributed by atoms with E-state index in [9.17, 15) is 0 Å². The van der Waals surface area contributed by atoms with Crippen molar-refractivity contribution in [3.8, 4) is 0 Å². The van der Waals surface area contributed by atoms with Crippen molar-refractivity contribution < 1.29 is 0 Å². The minimum atomic E-state index is -0.631. The van der Waals surface area contributed by atoms with Crippen molar-refractivity contribution >= 4 is 11.8 Å². The molecule has 1 saturated carbocycles. The van der Waals surface area contributed by atoms with E-state index in [1.807, 2.05) is 24.4 Å². The summed E-state index contributed by atoms with van der Waals surface area (Å²) in [5, 5.41) is 3.34. The summed E-state index contributed by atoms with van der Waals surface area (Å²) in [4.78, 5) is 16.5. The van der Waals surface area contributed by atoms with E-state index in [4.69, 9.17) is 10.7 Å². The Bertz CT molecular complexity index is 1020. The van der Waals surface area contributed by atoms with Crippen molar-refractivity contribution in [3.05, 3.63) is 71.7 Å². The second-order valence-corrected chi connectivity index (χ2v) is 9.90. The number of nitrogens with two attached hydrogens (primary N) is 1. The quantitative estimate of drug-likeness (QED) is 0.730. The van der Waals surface area contributed by atoms with Gasteiger partial charge in [0.25, 0.3) is 0 Å². The molecule has 1 aromatic carbocycles. The summed E-state index contributed by atoms with van der Waals surface area (Å²) in [6, 6.07) is 15.2. The second kappa shape index (κ2) is 9.66. The van der Waals surface area contributed by atoms with E-state index in [0.717, 1.165) is 43.5 Å². The minimum Gasteiger partial charge on any atom is -0.385 e. The van der Waals surface area contributed by atoms with Crippen LogP contribution in [0.1, 0.15) is 49.1 Å². The Kier molecular flexibility index (Phi) is 6.46. The lowest BCUT2D eigenvalue weighted by Crippen LogP contribution is -2.56. The maximum Gasteiger partial charge on any atom is 0.202 e. The highest BCUT2D eigenvalue weighted by Gasteiger charge is 2.37. The van der Waals surface area contributed by atoms with Crippen LogP contribution in [-0.2, 0) is 5.66 Å². The lowest BCUT2D eigenvalue weighted by Gasteiger charge is -2.42. The third-order valence-electron chi connectivity index (χ3n) is 7.54. The maximum atomic E-state index is 6.44. The average Bonchev–Trinajstić information content (AvgIpc) is 2.89. The molecular weight excluding hydrogens is 422 g/mol. The summed E-state index contributed by atoms with van der Waals surface area (Å²) in [7, 11) is 4.15. The molecule has 7 heteroatoms. The van der Waals surface area contributed by atoms with Crippen LogP contribution in [0.15, 0.2) is 65.6 Å². The van der Waals surface area contributed by atoms with Gasteiger partial charge < -0.3 is 20.9 Å². The Morgan fingerprint density at radius 1 is 0.941 bits per heavy atom. The van der Waals surface area contributed by atoms with Gasteiger partial charge in [-0.1, -0.05) is 49.6 Å². The summed E-state index contributed by atoms with van der Waals surface area (Å²) < 4.78 is 0. The molecule has 0 bridgehead atoms. The van der Waals surface area contributed by atoms with Gasteiger partial charge in [-0.2, -0.15) is 0 Å². The van der Waals surface area contributed by atoms with E-state index in [1.165, 1.54) is 37.7 Å². The number of anilines is 1. The molecule has 3 aliphatic rings. The van der Waals surface area contributed by atoms with Gasteiger partial charge in [-0.25, -0.2) is 9.98 Å². The first kappa shape index (κ1) is 22.7. The minimum absolute atomic E-state index is 0.631. The summed E-state index contributed by atoms with van der Waals surface area (Å²) in [6.45, 7) is 3.51. The van der Waals surface area contributed by atoms with Crippen LogP contribution in [0.2, 0.25) is 0 Å². The number of hydrogen-bond donors (Lipinski definition) is 2. The number of benzene rings is 1. The molecule has 2 aromatic rings. The van der Waals surface area contributed by atoms with Crippen molar-refractivity contribution in [2.45, 2.75) is 43.7 Å². The fraction of sp³-hybridized carbons (Fsp3) is 0.481. The highest BCUT2D eigenvalue weighted by Crippen LogP contribution is 2.36. The van der Waals surface area contributed by atoms with E-state index >= 15 is 0 Å². The van der Waals surface area contributed by atoms with E-state index in [-0.39, 0.29) is 0 Å². The van der Waals surface area contributed by atoms with Crippen LogP contribution >= 0.6 is 0 Å². The number of nitrogens with one attached hydrogen (secondary N) is 1. The monoisotopic (exact) mass is 459 g/mol. The highest BCUT2D eigenvalue weighted by atomic mass is 15.4. The third kappa shape index (κ3) is 4.49. The number of hydrogen-bond acceptors (Lipinski definition) is 7. The molecule has 3 N–H and O–H groups in total. The molecule has 2 fully saturated rings. The average molecular weight is 460 g/mol. The summed E-state index contributed by atoms with van der Waals surface area (Å²) in [5.41, 5.74) is 8.41. The van der Waals surface area contributed by atoms with Crippen molar-refractivity contribution in [1.29, 1.82) is 0 Å². The van der Waals surface area contributed by atoms with Crippen LogP contribution < -0.4 is 16.0 Å². The van der Waals surface area contributed by atoms with Crippen molar-refractivity contribution in [2.24, 2.45) is 10.7 Å². The Morgan fingerprint density at radius 2 is 1.65 bits per heavy atom.